The van der Waals surface area contributed by atoms with Gasteiger partial charge in [-0.2, -0.15) is 0 Å². The number of hydrazone groups is 1. The fraction of sp³-hybridized carbons (Fsp3) is 0.429. The molecular formula is C7H10N5O2+. The van der Waals surface area contributed by atoms with Crippen molar-refractivity contribution >= 4 is 24.1 Å². The Bertz CT molecular complexity index is 386. The second-order valence-electron chi connectivity index (χ2n) is 3.19. The normalized spacial score (nSPS) is 26.3. The number of carbonyl (C=O) groups is 2. The molecule has 0 aromatic rings. The van der Waals surface area contributed by atoms with Gasteiger partial charge in [0.1, 0.15) is 0 Å². The van der Waals surface area contributed by atoms with Gasteiger partial charge < -0.3 is 0 Å². The third kappa shape index (κ3) is 0.860. The lowest BCUT2D eigenvalue weighted by Crippen LogP contribution is -2.62. The number of amides is 3. The predicted octanol–water partition coefficient (Wildman–Crippen LogP) is -1.79. The zero-order valence-corrected chi connectivity index (χ0v) is 7.84. The standard InChI is InChI=1S/C7H10N5O2/c1-10-5-4(12(8)3-9-5)6(13)11(2)7(10)14/h3-4H,8H2,1-2H3/q+1. The van der Waals surface area contributed by atoms with Crippen LogP contribution >= 0.6 is 0 Å². The Morgan fingerprint density at radius 3 is 2.71 bits per heavy atom. The summed E-state index contributed by atoms with van der Waals surface area (Å²) in [5.41, 5.74) is 0. The molecule has 1 atom stereocenters. The van der Waals surface area contributed by atoms with Crippen LogP contribution in [-0.2, 0) is 4.79 Å². The monoisotopic (exact) mass is 196 g/mol. The number of likely N-dealkylation sites (N-methyl/N-ethyl adjacent to an activating group) is 2. The molecule has 0 aromatic heterocycles. The molecule has 0 radical (unpaired) electrons. The minimum Gasteiger partial charge on any atom is -0.273 e. The Balaban J connectivity index is 2.44. The van der Waals surface area contributed by atoms with Gasteiger partial charge in [-0.25, -0.2) is 4.79 Å². The molecule has 1 fully saturated rings. The summed E-state index contributed by atoms with van der Waals surface area (Å²) in [6.45, 7) is 0. The summed E-state index contributed by atoms with van der Waals surface area (Å²) < 4.78 is 1.19. The number of hydrogen-bond acceptors (Lipinski definition) is 4. The Kier molecular flexibility index (Phi) is 1.57. The molecule has 2 aliphatic rings. The summed E-state index contributed by atoms with van der Waals surface area (Å²) in [6.07, 6.45) is 1.33. The predicted molar refractivity (Wildman–Crippen MR) is 47.7 cm³/mol. The van der Waals surface area contributed by atoms with E-state index in [-0.39, 0.29) is 5.91 Å². The maximum Gasteiger partial charge on any atom is 0.333 e. The molecule has 1 unspecified atom stereocenters. The lowest BCUT2D eigenvalue weighted by molar-refractivity contribution is -0.542. The first kappa shape index (κ1) is 8.67. The van der Waals surface area contributed by atoms with Crippen LogP contribution in [0.5, 0.6) is 0 Å². The van der Waals surface area contributed by atoms with Gasteiger partial charge in [-0.3, -0.25) is 20.4 Å². The van der Waals surface area contributed by atoms with Crippen molar-refractivity contribution in [3.05, 3.63) is 0 Å². The van der Waals surface area contributed by atoms with Gasteiger partial charge in [-0.1, -0.05) is 0 Å². The maximum absolute atomic E-state index is 11.6. The highest BCUT2D eigenvalue weighted by Crippen LogP contribution is 2.14. The summed E-state index contributed by atoms with van der Waals surface area (Å²) >= 11 is 0. The van der Waals surface area contributed by atoms with Crippen molar-refractivity contribution in [2.24, 2.45) is 10.8 Å². The topological polar surface area (TPSA) is 82.0 Å². The van der Waals surface area contributed by atoms with Crippen LogP contribution in [0.15, 0.2) is 4.99 Å². The number of amidine groups is 1. The van der Waals surface area contributed by atoms with E-state index in [1.807, 2.05) is 0 Å². The highest BCUT2D eigenvalue weighted by molar-refractivity contribution is 6.21. The molecule has 3 amide bonds. The first-order valence-electron chi connectivity index (χ1n) is 4.03. The van der Waals surface area contributed by atoms with Gasteiger partial charge >= 0.3 is 12.4 Å². The van der Waals surface area contributed by atoms with Crippen LogP contribution in [0.25, 0.3) is 0 Å². The van der Waals surface area contributed by atoms with Crippen LogP contribution in [0.1, 0.15) is 0 Å². The van der Waals surface area contributed by atoms with Gasteiger partial charge in [0.15, 0.2) is 0 Å². The maximum atomic E-state index is 11.6. The molecule has 7 nitrogen and oxygen atoms in total. The highest BCUT2D eigenvalue weighted by Gasteiger charge is 2.50. The number of carbonyl (C=O) groups excluding carboxylic acids is 2. The molecule has 1 saturated heterocycles. The molecule has 0 spiro atoms. The summed E-state index contributed by atoms with van der Waals surface area (Å²) in [6, 6.07) is -1.06. The van der Waals surface area contributed by atoms with Crippen molar-refractivity contribution in [3.63, 3.8) is 0 Å². The molecule has 2 rings (SSSR count). The number of urea groups is 1. The number of imide groups is 1. The van der Waals surface area contributed by atoms with E-state index < -0.39 is 12.1 Å². The van der Waals surface area contributed by atoms with Gasteiger partial charge in [-0.15, -0.1) is 4.68 Å². The lowest BCUT2D eigenvalue weighted by atomic mass is 10.2. The van der Waals surface area contributed by atoms with E-state index in [4.69, 9.17) is 5.84 Å². The molecule has 0 bridgehead atoms. The molecule has 2 N–H and O–H groups in total. The number of rotatable bonds is 0. The quantitative estimate of drug-likeness (QED) is 0.367. The molecule has 7 heteroatoms. The number of nitrogens with zero attached hydrogens (tertiary/aromatic N) is 4. The summed E-state index contributed by atoms with van der Waals surface area (Å²) in [5, 5.41) is 0. The van der Waals surface area contributed by atoms with Gasteiger partial charge in [0.25, 0.3) is 17.8 Å². The largest absolute Gasteiger partial charge is 0.333 e. The fourth-order valence-corrected chi connectivity index (χ4v) is 1.51. The third-order valence-electron chi connectivity index (χ3n) is 2.35. The van der Waals surface area contributed by atoms with E-state index in [0.717, 1.165) is 4.90 Å². The minimum atomic E-state index is -0.664. The molecule has 74 valence electrons. The van der Waals surface area contributed by atoms with E-state index >= 15 is 0 Å². The van der Waals surface area contributed by atoms with Crippen molar-refractivity contribution in [2.45, 2.75) is 6.04 Å². The van der Waals surface area contributed by atoms with E-state index in [1.165, 1.54) is 23.0 Å². The number of aliphatic imine (C=N–C) groups is 1. The molecule has 2 heterocycles. The molecule has 14 heavy (non-hydrogen) atoms. The van der Waals surface area contributed by atoms with Gasteiger partial charge in [0.2, 0.25) is 0 Å². The first-order valence-corrected chi connectivity index (χ1v) is 4.03. The van der Waals surface area contributed by atoms with Crippen LogP contribution in [0.2, 0.25) is 0 Å². The fourth-order valence-electron chi connectivity index (χ4n) is 1.51. The molecule has 0 saturated carbocycles. The second-order valence-corrected chi connectivity index (χ2v) is 3.19. The van der Waals surface area contributed by atoms with Crippen LogP contribution in [0, 0.1) is 0 Å². The van der Waals surface area contributed by atoms with Crippen LogP contribution in [0.3, 0.4) is 0 Å². The van der Waals surface area contributed by atoms with E-state index in [0.29, 0.717) is 5.84 Å². The number of hydrazine groups is 1. The zero-order valence-electron chi connectivity index (χ0n) is 7.84. The highest BCUT2D eigenvalue weighted by atomic mass is 16.2. The zero-order chi connectivity index (χ0) is 10.5. The van der Waals surface area contributed by atoms with Gasteiger partial charge in [0.05, 0.1) is 0 Å². The Morgan fingerprint density at radius 1 is 1.43 bits per heavy atom. The third-order valence-corrected chi connectivity index (χ3v) is 2.35. The van der Waals surface area contributed by atoms with Crippen molar-refractivity contribution in [1.82, 2.24) is 9.80 Å². The SMILES string of the molecule is CN1C(=O)C2C(=NC=[N+]2N)N(C)C1=O. The van der Waals surface area contributed by atoms with Crippen LogP contribution in [-0.4, -0.2) is 58.7 Å². The van der Waals surface area contributed by atoms with Crippen molar-refractivity contribution < 1.29 is 14.3 Å². The average Bonchev–Trinajstić information content (AvgIpc) is 2.54. The number of fused-ring (bicyclic) bond motifs is 1. The van der Waals surface area contributed by atoms with Crippen LogP contribution in [0.4, 0.5) is 4.79 Å². The summed E-state index contributed by atoms with van der Waals surface area (Å²) in [7, 11) is 2.98. The van der Waals surface area contributed by atoms with Crippen molar-refractivity contribution in [1.29, 1.82) is 0 Å². The minimum absolute atomic E-state index is 0.358. The number of nitrogens with two attached hydrogens (primary N) is 1. The van der Waals surface area contributed by atoms with Crippen molar-refractivity contribution in [3.8, 4) is 0 Å². The average molecular weight is 196 g/mol. The molecule has 2 aliphatic heterocycles. The molecule has 0 aliphatic carbocycles. The Morgan fingerprint density at radius 2 is 2.07 bits per heavy atom. The van der Waals surface area contributed by atoms with Gasteiger partial charge in [0, 0.05) is 14.1 Å². The smallest absolute Gasteiger partial charge is 0.273 e. The van der Waals surface area contributed by atoms with E-state index in [9.17, 15) is 9.59 Å². The molecular weight excluding hydrogens is 186 g/mol. The Hall–Kier alpha value is -1.92. The molecule has 0 aromatic carbocycles. The number of hydrogen-bond donors (Lipinski definition) is 1. The Labute approximate surface area is 80.1 Å². The van der Waals surface area contributed by atoms with Crippen LogP contribution < -0.4 is 5.84 Å². The van der Waals surface area contributed by atoms with Gasteiger partial charge in [-0.05, 0) is 4.99 Å². The second kappa shape index (κ2) is 2.53. The van der Waals surface area contributed by atoms with E-state index in [2.05, 4.69) is 4.99 Å². The summed E-state index contributed by atoms with van der Waals surface area (Å²) in [5.74, 6) is 5.54. The van der Waals surface area contributed by atoms with Crippen molar-refractivity contribution in [2.75, 3.05) is 14.1 Å². The van der Waals surface area contributed by atoms with E-state index in [1.54, 1.807) is 7.05 Å². The first-order chi connectivity index (χ1) is 6.54. The lowest BCUT2D eigenvalue weighted by Gasteiger charge is -2.29. The summed E-state index contributed by atoms with van der Waals surface area (Å²) in [4.78, 5) is 29.3.